The molecular formula is C15H14ClN5O. The van der Waals surface area contributed by atoms with Crippen LogP contribution >= 0.6 is 11.6 Å². The fourth-order valence-electron chi connectivity index (χ4n) is 2.26. The van der Waals surface area contributed by atoms with Gasteiger partial charge in [0, 0.05) is 10.6 Å². The molecule has 1 heterocycles. The highest BCUT2D eigenvalue weighted by atomic mass is 35.5. The van der Waals surface area contributed by atoms with Crippen LogP contribution in [0.1, 0.15) is 5.56 Å². The highest BCUT2D eigenvalue weighted by Crippen LogP contribution is 2.29. The molecular weight excluding hydrogens is 302 g/mol. The molecule has 0 aliphatic heterocycles. The number of aryl methyl sites for hydroxylation is 1. The lowest BCUT2D eigenvalue weighted by Gasteiger charge is -2.10. The normalized spacial score (nSPS) is 10.7. The van der Waals surface area contributed by atoms with Gasteiger partial charge in [-0.2, -0.15) is 4.68 Å². The van der Waals surface area contributed by atoms with Gasteiger partial charge in [-0.05, 0) is 59.3 Å². The van der Waals surface area contributed by atoms with Gasteiger partial charge < -0.3 is 10.5 Å². The second-order valence-corrected chi connectivity index (χ2v) is 5.24. The van der Waals surface area contributed by atoms with E-state index in [1.54, 1.807) is 30.0 Å². The summed E-state index contributed by atoms with van der Waals surface area (Å²) in [7, 11) is 1.58. The van der Waals surface area contributed by atoms with Crippen molar-refractivity contribution in [2.45, 2.75) is 6.92 Å². The first-order chi connectivity index (χ1) is 10.6. The third-order valence-electron chi connectivity index (χ3n) is 3.34. The third kappa shape index (κ3) is 2.48. The Morgan fingerprint density at radius 1 is 1.18 bits per heavy atom. The fraction of sp³-hybridized carbons (Fsp3) is 0.133. The Hall–Kier alpha value is -2.60. The number of ether oxygens (including phenoxy) is 1. The van der Waals surface area contributed by atoms with Crippen LogP contribution in [0.25, 0.3) is 17.1 Å². The van der Waals surface area contributed by atoms with E-state index in [9.17, 15) is 0 Å². The summed E-state index contributed by atoms with van der Waals surface area (Å²) < 4.78 is 6.83. The van der Waals surface area contributed by atoms with Crippen LogP contribution in [0.2, 0.25) is 5.02 Å². The Morgan fingerprint density at radius 3 is 2.68 bits per heavy atom. The van der Waals surface area contributed by atoms with Crippen molar-refractivity contribution < 1.29 is 4.74 Å². The monoisotopic (exact) mass is 315 g/mol. The maximum Gasteiger partial charge on any atom is 0.187 e. The summed E-state index contributed by atoms with van der Waals surface area (Å²) in [5.74, 6) is 1.21. The standard InChI is InChI=1S/C15H14ClN5O/c1-9-7-11(16)4-5-13(9)21-15(18-19-20-21)10-3-6-14(22-2)12(17)8-10/h3-8H,17H2,1-2H3. The number of nitrogen functional groups attached to an aromatic ring is 1. The van der Waals surface area contributed by atoms with Gasteiger partial charge in [-0.1, -0.05) is 11.6 Å². The average molecular weight is 316 g/mol. The molecule has 0 aliphatic rings. The molecule has 0 aliphatic carbocycles. The Morgan fingerprint density at radius 2 is 2.00 bits per heavy atom. The largest absolute Gasteiger partial charge is 0.495 e. The number of rotatable bonds is 3. The number of anilines is 1. The number of aromatic nitrogens is 4. The van der Waals surface area contributed by atoms with Gasteiger partial charge in [-0.25, -0.2) is 0 Å². The van der Waals surface area contributed by atoms with Crippen molar-refractivity contribution in [2.24, 2.45) is 0 Å². The molecule has 0 fully saturated rings. The van der Waals surface area contributed by atoms with Crippen molar-refractivity contribution in [2.75, 3.05) is 12.8 Å². The molecule has 0 spiro atoms. The van der Waals surface area contributed by atoms with Gasteiger partial charge in [0.25, 0.3) is 0 Å². The molecule has 0 bridgehead atoms. The predicted molar refractivity (Wildman–Crippen MR) is 85.3 cm³/mol. The molecule has 3 rings (SSSR count). The number of hydrogen-bond donors (Lipinski definition) is 1. The zero-order chi connectivity index (χ0) is 15.7. The van der Waals surface area contributed by atoms with Crippen LogP contribution in [0.4, 0.5) is 5.69 Å². The number of tetrazole rings is 1. The maximum absolute atomic E-state index is 6.00. The van der Waals surface area contributed by atoms with Crippen LogP contribution in [0.15, 0.2) is 36.4 Å². The van der Waals surface area contributed by atoms with Gasteiger partial charge in [0.1, 0.15) is 5.75 Å². The molecule has 3 aromatic rings. The van der Waals surface area contributed by atoms with E-state index in [0.717, 1.165) is 16.8 Å². The number of benzene rings is 2. The molecule has 2 N–H and O–H groups in total. The van der Waals surface area contributed by atoms with Gasteiger partial charge in [-0.3, -0.25) is 0 Å². The molecule has 7 heteroatoms. The van der Waals surface area contributed by atoms with Crippen LogP contribution in [0.5, 0.6) is 5.75 Å². The molecule has 0 unspecified atom stereocenters. The van der Waals surface area contributed by atoms with Gasteiger partial charge >= 0.3 is 0 Å². The van der Waals surface area contributed by atoms with E-state index < -0.39 is 0 Å². The van der Waals surface area contributed by atoms with E-state index in [1.165, 1.54) is 0 Å². The summed E-state index contributed by atoms with van der Waals surface area (Å²) in [6, 6.07) is 11.0. The Bertz CT molecular complexity index is 831. The number of nitrogens with zero attached hydrogens (tertiary/aromatic N) is 4. The van der Waals surface area contributed by atoms with Crippen molar-refractivity contribution in [1.82, 2.24) is 20.2 Å². The summed E-state index contributed by atoms with van der Waals surface area (Å²) in [5.41, 5.74) is 9.12. The summed E-state index contributed by atoms with van der Waals surface area (Å²) >= 11 is 6.00. The minimum absolute atomic E-state index is 0.530. The summed E-state index contributed by atoms with van der Waals surface area (Å²) in [5, 5.41) is 12.6. The first-order valence-electron chi connectivity index (χ1n) is 6.59. The average Bonchev–Trinajstić information content (AvgIpc) is 2.96. The van der Waals surface area contributed by atoms with Gasteiger partial charge in [0.2, 0.25) is 0 Å². The molecule has 0 saturated carbocycles. The van der Waals surface area contributed by atoms with Crippen molar-refractivity contribution >= 4 is 17.3 Å². The van der Waals surface area contributed by atoms with E-state index in [1.807, 2.05) is 25.1 Å². The van der Waals surface area contributed by atoms with Crippen LogP contribution in [-0.4, -0.2) is 27.3 Å². The minimum atomic E-state index is 0.530. The van der Waals surface area contributed by atoms with Crippen molar-refractivity contribution in [3.63, 3.8) is 0 Å². The van der Waals surface area contributed by atoms with Crippen molar-refractivity contribution in [3.8, 4) is 22.8 Å². The molecule has 112 valence electrons. The van der Waals surface area contributed by atoms with Crippen LogP contribution in [0.3, 0.4) is 0 Å². The highest BCUT2D eigenvalue weighted by molar-refractivity contribution is 6.30. The Balaban J connectivity index is 2.11. The third-order valence-corrected chi connectivity index (χ3v) is 3.58. The Labute approximate surface area is 132 Å². The number of hydrogen-bond acceptors (Lipinski definition) is 5. The molecule has 22 heavy (non-hydrogen) atoms. The lowest BCUT2D eigenvalue weighted by Crippen LogP contribution is -2.02. The number of halogens is 1. The van der Waals surface area contributed by atoms with Gasteiger partial charge in [-0.15, -0.1) is 5.10 Å². The van der Waals surface area contributed by atoms with Crippen molar-refractivity contribution in [3.05, 3.63) is 47.0 Å². The second kappa shape index (κ2) is 5.65. The predicted octanol–water partition coefficient (Wildman–Crippen LogP) is 2.88. The van der Waals surface area contributed by atoms with Crippen LogP contribution < -0.4 is 10.5 Å². The van der Waals surface area contributed by atoms with Gasteiger partial charge in [0.15, 0.2) is 5.82 Å². The molecule has 0 radical (unpaired) electrons. The molecule has 0 atom stereocenters. The zero-order valence-corrected chi connectivity index (χ0v) is 12.9. The molecule has 6 nitrogen and oxygen atoms in total. The van der Waals surface area contributed by atoms with Gasteiger partial charge in [0.05, 0.1) is 18.5 Å². The first-order valence-corrected chi connectivity index (χ1v) is 6.96. The molecule has 0 amide bonds. The van der Waals surface area contributed by atoms with E-state index in [2.05, 4.69) is 15.5 Å². The number of methoxy groups -OCH3 is 1. The van der Waals surface area contributed by atoms with Crippen LogP contribution in [0, 0.1) is 6.92 Å². The zero-order valence-electron chi connectivity index (χ0n) is 12.1. The SMILES string of the molecule is COc1ccc(-c2nnnn2-c2ccc(Cl)cc2C)cc1N. The first kappa shape index (κ1) is 14.3. The summed E-state index contributed by atoms with van der Waals surface area (Å²) in [6.45, 7) is 1.95. The van der Waals surface area contributed by atoms with E-state index >= 15 is 0 Å². The molecule has 1 aromatic heterocycles. The fourth-order valence-corrected chi connectivity index (χ4v) is 2.49. The lowest BCUT2D eigenvalue weighted by molar-refractivity contribution is 0.417. The van der Waals surface area contributed by atoms with E-state index in [4.69, 9.17) is 22.1 Å². The summed E-state index contributed by atoms with van der Waals surface area (Å²) in [4.78, 5) is 0. The second-order valence-electron chi connectivity index (χ2n) is 4.80. The number of nitrogens with two attached hydrogens (primary N) is 1. The quantitative estimate of drug-likeness (QED) is 0.752. The smallest absolute Gasteiger partial charge is 0.187 e. The summed E-state index contributed by atoms with van der Waals surface area (Å²) in [6.07, 6.45) is 0. The highest BCUT2D eigenvalue weighted by Gasteiger charge is 2.14. The van der Waals surface area contributed by atoms with Crippen molar-refractivity contribution in [1.29, 1.82) is 0 Å². The Kier molecular flexibility index (Phi) is 3.68. The topological polar surface area (TPSA) is 78.9 Å². The maximum atomic E-state index is 6.00. The minimum Gasteiger partial charge on any atom is -0.495 e. The van der Waals surface area contributed by atoms with E-state index in [-0.39, 0.29) is 0 Å². The molecule has 2 aromatic carbocycles. The van der Waals surface area contributed by atoms with Crippen LogP contribution in [-0.2, 0) is 0 Å². The van der Waals surface area contributed by atoms with E-state index in [0.29, 0.717) is 22.3 Å². The molecule has 0 saturated heterocycles. The lowest BCUT2D eigenvalue weighted by atomic mass is 10.1.